The van der Waals surface area contributed by atoms with Gasteiger partial charge in [0.15, 0.2) is 0 Å². The smallest absolute Gasteiger partial charge is 0.388 e. The Hall–Kier alpha value is -2.52. The number of nitrogens with zero attached hydrogens (tertiary/aromatic N) is 3. The zero-order chi connectivity index (χ0) is 21.0. The van der Waals surface area contributed by atoms with Crippen LogP contribution in [-0.2, 0) is 16.1 Å². The number of nitrogens with one attached hydrogen (secondary N) is 1. The molecule has 0 radical (unpaired) electrons. The molecule has 30 heavy (non-hydrogen) atoms. The molecule has 1 saturated heterocycles. The quantitative estimate of drug-likeness (QED) is 0.770. The van der Waals surface area contributed by atoms with E-state index in [2.05, 4.69) is 15.3 Å². The Morgan fingerprint density at radius 2 is 1.83 bits per heavy atom. The number of morpholine rings is 1. The summed E-state index contributed by atoms with van der Waals surface area (Å²) in [6, 6.07) is 5.47. The molecule has 1 amide bonds. The van der Waals surface area contributed by atoms with E-state index < -0.39 is 11.6 Å². The third-order valence-corrected chi connectivity index (χ3v) is 6.07. The molecule has 162 valence electrons. The highest BCUT2D eigenvalue weighted by Gasteiger charge is 2.38. The van der Waals surface area contributed by atoms with Gasteiger partial charge in [-0.2, -0.15) is 4.68 Å². The fraction of sp³-hybridized carbons (Fsp3) is 0.571. The van der Waals surface area contributed by atoms with Gasteiger partial charge in [-0.1, -0.05) is 19.3 Å². The number of ether oxygens (including phenoxy) is 1. The second kappa shape index (κ2) is 9.09. The molecule has 2 heterocycles. The number of aromatic nitrogens is 2. The van der Waals surface area contributed by atoms with Gasteiger partial charge in [-0.05, 0) is 37.1 Å². The Kier molecular flexibility index (Phi) is 6.29. The maximum absolute atomic E-state index is 13.1. The normalized spacial score (nSPS) is 19.5. The van der Waals surface area contributed by atoms with Crippen molar-refractivity contribution in [3.05, 3.63) is 40.6 Å². The lowest BCUT2D eigenvalue weighted by Gasteiger charge is -2.48. The number of carbonyl (C=O) groups is 1. The fourth-order valence-corrected chi connectivity index (χ4v) is 4.42. The zero-order valence-electron chi connectivity index (χ0n) is 16.9. The van der Waals surface area contributed by atoms with Gasteiger partial charge in [-0.15, -0.1) is 5.10 Å². The summed E-state index contributed by atoms with van der Waals surface area (Å²) in [4.78, 5) is 27.1. The summed E-state index contributed by atoms with van der Waals surface area (Å²) in [6.07, 6.45) is 5.62. The van der Waals surface area contributed by atoms with Crippen molar-refractivity contribution in [2.45, 2.75) is 44.2 Å². The SMILES string of the molecule is O=C(Cn1nc(-c2ccc(F)cc2)oc1=O)NCC1(N2CCOCC2)CCCCC1. The van der Waals surface area contributed by atoms with E-state index in [0.29, 0.717) is 12.1 Å². The first kappa shape index (κ1) is 20.7. The number of halogens is 1. The van der Waals surface area contributed by atoms with Gasteiger partial charge in [0.25, 0.3) is 0 Å². The van der Waals surface area contributed by atoms with Crippen LogP contribution < -0.4 is 11.1 Å². The molecule has 9 heteroatoms. The fourth-order valence-electron chi connectivity index (χ4n) is 4.42. The molecule has 0 atom stereocenters. The maximum atomic E-state index is 13.1. The van der Waals surface area contributed by atoms with Crippen molar-refractivity contribution in [3.63, 3.8) is 0 Å². The van der Waals surface area contributed by atoms with Crippen LogP contribution >= 0.6 is 0 Å². The van der Waals surface area contributed by atoms with Crippen LogP contribution in [0.15, 0.2) is 33.5 Å². The summed E-state index contributed by atoms with van der Waals surface area (Å²) in [5, 5.41) is 7.09. The van der Waals surface area contributed by atoms with E-state index >= 15 is 0 Å². The minimum absolute atomic E-state index is 0.0499. The van der Waals surface area contributed by atoms with Crippen LogP contribution in [0.25, 0.3) is 11.5 Å². The van der Waals surface area contributed by atoms with Crippen LogP contribution in [0.5, 0.6) is 0 Å². The highest BCUT2D eigenvalue weighted by atomic mass is 19.1. The third kappa shape index (κ3) is 4.62. The predicted molar refractivity (Wildman–Crippen MR) is 107 cm³/mol. The Morgan fingerprint density at radius 3 is 2.53 bits per heavy atom. The molecule has 1 aromatic carbocycles. The van der Waals surface area contributed by atoms with Gasteiger partial charge in [0, 0.05) is 30.7 Å². The molecule has 8 nitrogen and oxygen atoms in total. The van der Waals surface area contributed by atoms with Crippen LogP contribution in [-0.4, -0.2) is 59.0 Å². The molecule has 1 aliphatic heterocycles. The van der Waals surface area contributed by atoms with Gasteiger partial charge < -0.3 is 14.5 Å². The van der Waals surface area contributed by atoms with E-state index in [9.17, 15) is 14.0 Å². The number of rotatable bonds is 6. The molecule has 1 aliphatic carbocycles. The molecular formula is C21H27FN4O4. The van der Waals surface area contributed by atoms with E-state index in [1.807, 2.05) is 0 Å². The average Bonchev–Trinajstić information content (AvgIpc) is 3.14. The standard InChI is InChI=1S/C21H27FN4O4/c22-17-6-4-16(5-7-17)19-24-26(20(28)30-19)14-18(27)23-15-21(8-2-1-3-9-21)25-10-12-29-13-11-25/h4-7H,1-3,8-15H2,(H,23,27). The molecule has 0 spiro atoms. The Balaban J connectivity index is 1.40. The number of benzene rings is 1. The predicted octanol–water partition coefficient (Wildman–Crippen LogP) is 1.79. The lowest BCUT2D eigenvalue weighted by atomic mass is 9.79. The summed E-state index contributed by atoms with van der Waals surface area (Å²) < 4.78 is 24.7. The van der Waals surface area contributed by atoms with Crippen molar-refractivity contribution in [1.29, 1.82) is 0 Å². The lowest BCUT2D eigenvalue weighted by molar-refractivity contribution is -0.123. The van der Waals surface area contributed by atoms with Crippen molar-refractivity contribution >= 4 is 5.91 Å². The average molecular weight is 418 g/mol. The summed E-state index contributed by atoms with van der Waals surface area (Å²) in [6.45, 7) is 3.51. The van der Waals surface area contributed by atoms with Gasteiger partial charge in [0.05, 0.1) is 13.2 Å². The first-order chi connectivity index (χ1) is 14.6. The number of carbonyl (C=O) groups excluding carboxylic acids is 1. The Morgan fingerprint density at radius 1 is 1.13 bits per heavy atom. The lowest BCUT2D eigenvalue weighted by Crippen LogP contribution is -2.59. The zero-order valence-corrected chi connectivity index (χ0v) is 16.9. The molecule has 4 rings (SSSR count). The van der Waals surface area contributed by atoms with Crippen LogP contribution in [0.4, 0.5) is 4.39 Å². The van der Waals surface area contributed by atoms with Crippen molar-refractivity contribution in [3.8, 4) is 11.5 Å². The molecule has 2 fully saturated rings. The molecule has 1 N–H and O–H groups in total. The monoisotopic (exact) mass is 418 g/mol. The summed E-state index contributed by atoms with van der Waals surface area (Å²) in [5.41, 5.74) is 0.423. The van der Waals surface area contributed by atoms with E-state index in [4.69, 9.17) is 9.15 Å². The van der Waals surface area contributed by atoms with Crippen LogP contribution in [0, 0.1) is 5.82 Å². The Labute approximate surface area is 174 Å². The molecule has 2 aromatic rings. The first-order valence-electron chi connectivity index (χ1n) is 10.5. The van der Waals surface area contributed by atoms with Crippen LogP contribution in [0.3, 0.4) is 0 Å². The van der Waals surface area contributed by atoms with Gasteiger partial charge in [0.1, 0.15) is 12.4 Å². The highest BCUT2D eigenvalue weighted by molar-refractivity contribution is 5.75. The second-order valence-electron chi connectivity index (χ2n) is 8.00. The van der Waals surface area contributed by atoms with Gasteiger partial charge in [0.2, 0.25) is 11.8 Å². The molecule has 2 aliphatic rings. The molecule has 1 saturated carbocycles. The third-order valence-electron chi connectivity index (χ3n) is 6.07. The summed E-state index contributed by atoms with van der Waals surface area (Å²) >= 11 is 0. The number of hydrogen-bond donors (Lipinski definition) is 1. The Bertz CT molecular complexity index is 912. The number of amides is 1. The topological polar surface area (TPSA) is 89.6 Å². The van der Waals surface area contributed by atoms with Crippen molar-refractivity contribution < 1.29 is 18.3 Å². The minimum atomic E-state index is -0.718. The van der Waals surface area contributed by atoms with Crippen LogP contribution in [0.1, 0.15) is 32.1 Å². The van der Waals surface area contributed by atoms with E-state index in [0.717, 1.165) is 56.7 Å². The second-order valence-corrected chi connectivity index (χ2v) is 8.00. The highest BCUT2D eigenvalue weighted by Crippen LogP contribution is 2.33. The minimum Gasteiger partial charge on any atom is -0.388 e. The van der Waals surface area contributed by atoms with E-state index in [1.165, 1.54) is 30.7 Å². The van der Waals surface area contributed by atoms with E-state index in [-0.39, 0.29) is 23.9 Å². The van der Waals surface area contributed by atoms with E-state index in [1.54, 1.807) is 0 Å². The summed E-state index contributed by atoms with van der Waals surface area (Å²) in [5.74, 6) is -1.33. The van der Waals surface area contributed by atoms with Gasteiger partial charge >= 0.3 is 5.76 Å². The largest absolute Gasteiger partial charge is 0.437 e. The van der Waals surface area contributed by atoms with Gasteiger partial charge in [-0.25, -0.2) is 9.18 Å². The molecule has 0 unspecified atom stereocenters. The molecule has 1 aromatic heterocycles. The van der Waals surface area contributed by atoms with Crippen molar-refractivity contribution in [1.82, 2.24) is 20.0 Å². The van der Waals surface area contributed by atoms with Crippen molar-refractivity contribution in [2.24, 2.45) is 0 Å². The first-order valence-corrected chi connectivity index (χ1v) is 10.5. The molecule has 0 bridgehead atoms. The van der Waals surface area contributed by atoms with Crippen molar-refractivity contribution in [2.75, 3.05) is 32.8 Å². The van der Waals surface area contributed by atoms with Crippen LogP contribution in [0.2, 0.25) is 0 Å². The van der Waals surface area contributed by atoms with Gasteiger partial charge in [-0.3, -0.25) is 9.69 Å². The summed E-state index contributed by atoms with van der Waals surface area (Å²) in [7, 11) is 0. The molecular weight excluding hydrogens is 391 g/mol. The number of hydrogen-bond acceptors (Lipinski definition) is 6. The maximum Gasteiger partial charge on any atom is 0.437 e.